The van der Waals surface area contributed by atoms with Crippen LogP contribution in [0.3, 0.4) is 0 Å². The summed E-state index contributed by atoms with van der Waals surface area (Å²) < 4.78 is 6.34. The molecule has 0 bridgehead atoms. The summed E-state index contributed by atoms with van der Waals surface area (Å²) in [6.45, 7) is 4.29. The second-order valence-electron chi connectivity index (χ2n) is 3.96. The number of carbonyl (C=O) groups excluding carboxylic acids is 1. The van der Waals surface area contributed by atoms with Crippen LogP contribution in [0.4, 0.5) is 0 Å². The molecule has 19 heavy (non-hydrogen) atoms. The summed E-state index contributed by atoms with van der Waals surface area (Å²) in [6.07, 6.45) is 0. The molecule has 2 rings (SSSR count). The number of carbonyl (C=O) groups is 1. The zero-order valence-electron chi connectivity index (χ0n) is 10.5. The van der Waals surface area contributed by atoms with Crippen LogP contribution in [0, 0.1) is 6.92 Å². The van der Waals surface area contributed by atoms with Crippen LogP contribution in [0.15, 0.2) is 28.1 Å². The van der Waals surface area contributed by atoms with Crippen molar-refractivity contribution in [2.24, 2.45) is 0 Å². The Morgan fingerprint density at radius 3 is 2.79 bits per heavy atom. The molecule has 0 saturated heterocycles. The number of halogens is 2. The average Bonchev–Trinajstić information content (AvgIpc) is 2.72. The van der Waals surface area contributed by atoms with Crippen LogP contribution in [0.5, 0.6) is 5.75 Å². The Bertz CT molecular complexity index is 622. The van der Waals surface area contributed by atoms with Crippen LogP contribution in [0.2, 0.25) is 5.02 Å². The highest BCUT2D eigenvalue weighted by Gasteiger charge is 2.20. The number of hydrogen-bond acceptors (Lipinski definition) is 3. The molecular formula is C14H12BrClO2S. The molecule has 5 heteroatoms. The van der Waals surface area contributed by atoms with Crippen molar-refractivity contribution in [2.75, 3.05) is 6.61 Å². The highest BCUT2D eigenvalue weighted by molar-refractivity contribution is 9.10. The van der Waals surface area contributed by atoms with E-state index in [9.17, 15) is 4.79 Å². The number of rotatable bonds is 4. The summed E-state index contributed by atoms with van der Waals surface area (Å²) >= 11 is 10.9. The zero-order chi connectivity index (χ0) is 14.0. The van der Waals surface area contributed by atoms with Crippen LogP contribution in [-0.4, -0.2) is 12.4 Å². The fourth-order valence-corrected chi connectivity index (χ4v) is 3.26. The molecule has 0 amide bonds. The van der Waals surface area contributed by atoms with E-state index in [1.807, 2.05) is 25.3 Å². The lowest BCUT2D eigenvalue weighted by molar-refractivity contribution is 0.103. The second-order valence-corrected chi connectivity index (χ2v) is 6.14. The third-order valence-electron chi connectivity index (χ3n) is 2.59. The molecule has 0 radical (unpaired) electrons. The molecule has 1 aromatic heterocycles. The van der Waals surface area contributed by atoms with E-state index in [0.717, 1.165) is 10.0 Å². The minimum atomic E-state index is -0.104. The summed E-state index contributed by atoms with van der Waals surface area (Å²) in [4.78, 5) is 13.1. The number of ketones is 1. The minimum Gasteiger partial charge on any atom is -0.493 e. The quantitative estimate of drug-likeness (QED) is 0.710. The Balaban J connectivity index is 2.48. The van der Waals surface area contributed by atoms with Gasteiger partial charge in [0.05, 0.1) is 22.1 Å². The molecule has 2 aromatic rings. The fourth-order valence-electron chi connectivity index (χ4n) is 1.67. The summed E-state index contributed by atoms with van der Waals surface area (Å²) in [5.74, 6) is 0.477. The van der Waals surface area contributed by atoms with Gasteiger partial charge < -0.3 is 4.74 Å². The molecular weight excluding hydrogens is 348 g/mol. The van der Waals surface area contributed by atoms with Gasteiger partial charge in [-0.3, -0.25) is 4.79 Å². The maximum atomic E-state index is 12.6. The normalized spacial score (nSPS) is 10.5. The van der Waals surface area contributed by atoms with Gasteiger partial charge in [0.1, 0.15) is 5.75 Å². The first kappa shape index (κ1) is 14.6. The van der Waals surface area contributed by atoms with Crippen molar-refractivity contribution in [1.82, 2.24) is 0 Å². The first-order chi connectivity index (χ1) is 9.04. The van der Waals surface area contributed by atoms with E-state index in [2.05, 4.69) is 15.9 Å². The van der Waals surface area contributed by atoms with E-state index in [-0.39, 0.29) is 5.78 Å². The molecule has 2 nitrogen and oxygen atoms in total. The Labute approximate surface area is 129 Å². The van der Waals surface area contributed by atoms with Crippen molar-refractivity contribution in [3.63, 3.8) is 0 Å². The summed E-state index contributed by atoms with van der Waals surface area (Å²) in [6, 6.07) is 5.40. The minimum absolute atomic E-state index is 0.104. The summed E-state index contributed by atoms with van der Waals surface area (Å²) in [5, 5.41) is 2.41. The van der Waals surface area contributed by atoms with Gasteiger partial charge in [-0.15, -0.1) is 11.3 Å². The first-order valence-electron chi connectivity index (χ1n) is 5.75. The first-order valence-corrected chi connectivity index (χ1v) is 7.80. The third kappa shape index (κ3) is 3.02. The molecule has 0 saturated carbocycles. The summed E-state index contributed by atoms with van der Waals surface area (Å²) in [7, 11) is 0. The highest BCUT2D eigenvalue weighted by atomic mass is 79.9. The molecule has 0 spiro atoms. The van der Waals surface area contributed by atoms with Crippen molar-refractivity contribution in [1.29, 1.82) is 0 Å². The molecule has 0 atom stereocenters. The van der Waals surface area contributed by atoms with Crippen molar-refractivity contribution in [3.8, 4) is 5.75 Å². The van der Waals surface area contributed by atoms with Crippen molar-refractivity contribution in [3.05, 3.63) is 49.1 Å². The van der Waals surface area contributed by atoms with Crippen molar-refractivity contribution >= 4 is 44.7 Å². The topological polar surface area (TPSA) is 26.3 Å². The lowest BCUT2D eigenvalue weighted by Gasteiger charge is -2.09. The van der Waals surface area contributed by atoms with Crippen molar-refractivity contribution < 1.29 is 9.53 Å². The molecule has 0 aliphatic heterocycles. The number of hydrogen-bond donors (Lipinski definition) is 0. The highest BCUT2D eigenvalue weighted by Crippen LogP contribution is 2.33. The number of thiophene rings is 1. The monoisotopic (exact) mass is 358 g/mol. The van der Waals surface area contributed by atoms with Crippen molar-refractivity contribution in [2.45, 2.75) is 13.8 Å². The van der Waals surface area contributed by atoms with Crippen LogP contribution < -0.4 is 4.74 Å². The van der Waals surface area contributed by atoms with Gasteiger partial charge in [0.25, 0.3) is 0 Å². The van der Waals surface area contributed by atoms with Gasteiger partial charge >= 0.3 is 0 Å². The number of ether oxygens (including phenoxy) is 1. The lowest BCUT2D eigenvalue weighted by Crippen LogP contribution is -2.04. The van der Waals surface area contributed by atoms with E-state index < -0.39 is 0 Å². The predicted octanol–water partition coefficient (Wildman–Crippen LogP) is 5.10. The average molecular weight is 360 g/mol. The SMILES string of the molecule is CCOc1ccc(Br)cc1C(=O)c1scc(C)c1Cl. The van der Waals surface area contributed by atoms with Gasteiger partial charge in [-0.2, -0.15) is 0 Å². The number of aryl methyl sites for hydroxylation is 1. The molecule has 0 aliphatic carbocycles. The van der Waals surface area contributed by atoms with E-state index in [1.165, 1.54) is 11.3 Å². The van der Waals surface area contributed by atoms with Crippen LogP contribution in [0.25, 0.3) is 0 Å². The van der Waals surface area contributed by atoms with Gasteiger partial charge in [-0.1, -0.05) is 27.5 Å². The Kier molecular flexibility index (Phi) is 4.66. The standard InChI is InChI=1S/C14H12BrClO2S/c1-3-18-11-5-4-9(15)6-10(11)13(17)14-12(16)8(2)7-19-14/h4-7H,3H2,1-2H3. The van der Waals surface area contributed by atoms with Crippen LogP contribution in [0.1, 0.15) is 27.7 Å². The Hall–Kier alpha value is -0.840. The maximum absolute atomic E-state index is 12.6. The Morgan fingerprint density at radius 2 is 2.21 bits per heavy atom. The van der Waals surface area contributed by atoms with Gasteiger partial charge in [0.2, 0.25) is 5.78 Å². The third-order valence-corrected chi connectivity index (χ3v) is 4.78. The Morgan fingerprint density at radius 1 is 1.47 bits per heavy atom. The lowest BCUT2D eigenvalue weighted by atomic mass is 10.1. The number of benzene rings is 1. The van der Waals surface area contributed by atoms with E-state index in [0.29, 0.717) is 27.8 Å². The molecule has 1 aromatic carbocycles. The largest absolute Gasteiger partial charge is 0.493 e. The molecule has 0 unspecified atom stereocenters. The molecule has 0 fully saturated rings. The van der Waals surface area contributed by atoms with E-state index in [1.54, 1.807) is 12.1 Å². The smallest absolute Gasteiger partial charge is 0.208 e. The fraction of sp³-hybridized carbons (Fsp3) is 0.214. The predicted molar refractivity (Wildman–Crippen MR) is 82.8 cm³/mol. The summed E-state index contributed by atoms with van der Waals surface area (Å²) in [5.41, 5.74) is 1.45. The molecule has 1 heterocycles. The van der Waals surface area contributed by atoms with Gasteiger partial charge in [-0.25, -0.2) is 0 Å². The zero-order valence-corrected chi connectivity index (χ0v) is 13.7. The van der Waals surface area contributed by atoms with E-state index in [4.69, 9.17) is 16.3 Å². The van der Waals surface area contributed by atoms with Gasteiger partial charge in [0, 0.05) is 4.47 Å². The van der Waals surface area contributed by atoms with Gasteiger partial charge in [0.15, 0.2) is 0 Å². The van der Waals surface area contributed by atoms with Crippen LogP contribution in [-0.2, 0) is 0 Å². The second kappa shape index (κ2) is 6.07. The van der Waals surface area contributed by atoms with Gasteiger partial charge in [-0.05, 0) is 43.0 Å². The van der Waals surface area contributed by atoms with E-state index >= 15 is 0 Å². The van der Waals surface area contributed by atoms with Crippen LogP contribution >= 0.6 is 38.9 Å². The molecule has 0 N–H and O–H groups in total. The maximum Gasteiger partial charge on any atom is 0.208 e. The molecule has 100 valence electrons. The molecule has 0 aliphatic rings.